The molecule has 1 aromatic carbocycles. The predicted octanol–water partition coefficient (Wildman–Crippen LogP) is 2.95. The third-order valence-corrected chi connectivity index (χ3v) is 6.30. The highest BCUT2D eigenvalue weighted by molar-refractivity contribution is 5.83. The molecule has 9 nitrogen and oxygen atoms in total. The molecule has 0 aliphatic carbocycles. The van der Waals surface area contributed by atoms with E-state index in [1.165, 1.54) is 25.3 Å². The molecule has 36 heavy (non-hydrogen) atoms. The van der Waals surface area contributed by atoms with Crippen LogP contribution in [0.3, 0.4) is 0 Å². The molecule has 5 rings (SSSR count). The quantitative estimate of drug-likeness (QED) is 0.419. The van der Waals surface area contributed by atoms with Gasteiger partial charge in [0, 0.05) is 50.8 Å². The first kappa shape index (κ1) is 24.0. The van der Waals surface area contributed by atoms with Crippen molar-refractivity contribution in [2.45, 2.75) is 31.5 Å². The molecule has 2 N–H and O–H groups in total. The zero-order valence-corrected chi connectivity index (χ0v) is 19.9. The van der Waals surface area contributed by atoms with Crippen LogP contribution < -0.4 is 9.64 Å². The van der Waals surface area contributed by atoms with E-state index in [9.17, 15) is 19.0 Å². The Balaban J connectivity index is 1.45. The lowest BCUT2D eigenvalue weighted by Crippen LogP contribution is -2.39. The first-order valence-electron chi connectivity index (χ1n) is 11.6. The fourth-order valence-electron chi connectivity index (χ4n) is 4.22. The van der Waals surface area contributed by atoms with E-state index in [0.717, 1.165) is 11.6 Å². The van der Waals surface area contributed by atoms with Crippen molar-refractivity contribution < 1.29 is 23.7 Å². The van der Waals surface area contributed by atoms with Crippen molar-refractivity contribution in [3.8, 4) is 17.0 Å². The van der Waals surface area contributed by atoms with Gasteiger partial charge in [-0.25, -0.2) is 18.7 Å². The fraction of sp³-hybridized carbons (Fsp3) is 0.360. The van der Waals surface area contributed by atoms with E-state index >= 15 is 0 Å². The standard InChI is InChI=1S/C25H26F2N6O3/c1-25(35,14-34)22-10-19-20(12-28-22)30-23(15-11-29-32(2)13-15)24(31-19)33-7-5-17(6-8-33)36-21-4-3-16(26)9-18(21)27/h3-4,9-13,17,34-35H,5-8,14H2,1-2H3/t25-/m0/s1. The molecule has 1 saturated heterocycles. The molecule has 0 bridgehead atoms. The van der Waals surface area contributed by atoms with Gasteiger partial charge in [-0.15, -0.1) is 0 Å². The normalized spacial score (nSPS) is 16.3. The van der Waals surface area contributed by atoms with Crippen LogP contribution in [0.5, 0.6) is 5.75 Å². The number of fused-ring (bicyclic) bond motifs is 1. The zero-order valence-electron chi connectivity index (χ0n) is 19.9. The minimum Gasteiger partial charge on any atom is -0.487 e. The van der Waals surface area contributed by atoms with Gasteiger partial charge in [0.15, 0.2) is 17.4 Å². The monoisotopic (exact) mass is 496 g/mol. The first-order chi connectivity index (χ1) is 17.2. The molecule has 0 amide bonds. The Hall–Kier alpha value is -3.70. The van der Waals surface area contributed by atoms with E-state index in [1.807, 2.05) is 13.2 Å². The predicted molar refractivity (Wildman–Crippen MR) is 128 cm³/mol. The second kappa shape index (κ2) is 9.40. The van der Waals surface area contributed by atoms with Gasteiger partial charge in [-0.05, 0) is 25.1 Å². The van der Waals surface area contributed by atoms with Gasteiger partial charge >= 0.3 is 0 Å². The molecule has 0 saturated carbocycles. The summed E-state index contributed by atoms with van der Waals surface area (Å²) in [7, 11) is 1.82. The number of hydrogen-bond acceptors (Lipinski definition) is 8. The van der Waals surface area contributed by atoms with Crippen molar-refractivity contribution in [3.05, 3.63) is 60.2 Å². The summed E-state index contributed by atoms with van der Waals surface area (Å²) >= 11 is 0. The highest BCUT2D eigenvalue weighted by Gasteiger charge is 2.28. The maximum atomic E-state index is 14.0. The SMILES string of the molecule is Cn1cc(-c2nc3cnc([C@@](C)(O)CO)cc3nc2N2CCC(Oc3ccc(F)cc3F)CC2)cn1. The van der Waals surface area contributed by atoms with Crippen molar-refractivity contribution in [2.24, 2.45) is 7.05 Å². The van der Waals surface area contributed by atoms with Crippen molar-refractivity contribution in [3.63, 3.8) is 0 Å². The maximum Gasteiger partial charge on any atom is 0.167 e. The third kappa shape index (κ3) is 4.71. The Morgan fingerprint density at radius 3 is 2.56 bits per heavy atom. The van der Waals surface area contributed by atoms with Crippen LogP contribution in [0.1, 0.15) is 25.5 Å². The van der Waals surface area contributed by atoms with E-state index in [-0.39, 0.29) is 11.9 Å². The number of aryl methyl sites for hydroxylation is 1. The number of aliphatic hydroxyl groups is 2. The van der Waals surface area contributed by atoms with Crippen molar-refractivity contribution in [2.75, 3.05) is 24.6 Å². The Labute approximate surface area is 206 Å². The summed E-state index contributed by atoms with van der Waals surface area (Å²) in [6.45, 7) is 2.15. The molecule has 4 heterocycles. The summed E-state index contributed by atoms with van der Waals surface area (Å²) in [5, 5.41) is 24.2. The van der Waals surface area contributed by atoms with Gasteiger partial charge < -0.3 is 19.8 Å². The molecule has 0 radical (unpaired) electrons. The topological polar surface area (TPSA) is 109 Å². The molecule has 1 atom stereocenters. The van der Waals surface area contributed by atoms with E-state index in [1.54, 1.807) is 16.9 Å². The van der Waals surface area contributed by atoms with Crippen LogP contribution in [0.25, 0.3) is 22.3 Å². The van der Waals surface area contributed by atoms with Crippen LogP contribution in [-0.2, 0) is 12.6 Å². The molecule has 1 aliphatic heterocycles. The summed E-state index contributed by atoms with van der Waals surface area (Å²) in [5.41, 5.74) is 1.29. The second-order valence-corrected chi connectivity index (χ2v) is 9.17. The highest BCUT2D eigenvalue weighted by atomic mass is 19.1. The molecule has 188 valence electrons. The van der Waals surface area contributed by atoms with Crippen molar-refractivity contribution in [1.29, 1.82) is 0 Å². The van der Waals surface area contributed by atoms with Crippen LogP contribution in [-0.4, -0.2) is 60.7 Å². The number of rotatable bonds is 6. The first-order valence-corrected chi connectivity index (χ1v) is 11.6. The zero-order chi connectivity index (χ0) is 25.4. The number of benzene rings is 1. The average Bonchev–Trinajstić information content (AvgIpc) is 3.31. The van der Waals surface area contributed by atoms with Gasteiger partial charge in [-0.1, -0.05) is 0 Å². The second-order valence-electron chi connectivity index (χ2n) is 9.17. The Bertz CT molecular complexity index is 1400. The molecule has 1 aliphatic rings. The molecule has 0 spiro atoms. The number of hydrogen-bond donors (Lipinski definition) is 2. The summed E-state index contributed by atoms with van der Waals surface area (Å²) in [6, 6.07) is 4.92. The van der Waals surface area contributed by atoms with E-state index in [2.05, 4.69) is 15.0 Å². The molecule has 0 unspecified atom stereocenters. The molecular formula is C25H26F2N6O3. The van der Waals surface area contributed by atoms with Gasteiger partial charge in [0.2, 0.25) is 0 Å². The minimum absolute atomic E-state index is 0.0346. The third-order valence-electron chi connectivity index (χ3n) is 6.30. The Morgan fingerprint density at radius 1 is 1.11 bits per heavy atom. The van der Waals surface area contributed by atoms with Crippen LogP contribution in [0.15, 0.2) is 42.9 Å². The number of ether oxygens (including phenoxy) is 1. The summed E-state index contributed by atoms with van der Waals surface area (Å²) in [5.74, 6) is -0.693. The number of piperidine rings is 1. The van der Waals surface area contributed by atoms with Gasteiger partial charge in [0.25, 0.3) is 0 Å². The molecular weight excluding hydrogens is 470 g/mol. The maximum absolute atomic E-state index is 14.0. The van der Waals surface area contributed by atoms with Crippen LogP contribution >= 0.6 is 0 Å². The van der Waals surface area contributed by atoms with E-state index in [0.29, 0.717) is 54.2 Å². The number of anilines is 1. The average molecular weight is 497 g/mol. The number of halogens is 2. The number of aromatic nitrogens is 5. The van der Waals surface area contributed by atoms with Crippen LogP contribution in [0, 0.1) is 11.6 Å². The largest absolute Gasteiger partial charge is 0.487 e. The summed E-state index contributed by atoms with van der Waals surface area (Å²) in [4.78, 5) is 16.0. The van der Waals surface area contributed by atoms with Gasteiger partial charge in [-0.3, -0.25) is 9.67 Å². The number of pyridine rings is 1. The Morgan fingerprint density at radius 2 is 1.89 bits per heavy atom. The Kier molecular flexibility index (Phi) is 6.27. The van der Waals surface area contributed by atoms with Gasteiger partial charge in [0.05, 0.1) is 30.2 Å². The number of nitrogens with zero attached hydrogens (tertiary/aromatic N) is 6. The molecule has 11 heteroatoms. The van der Waals surface area contributed by atoms with Crippen LogP contribution in [0.2, 0.25) is 0 Å². The summed E-state index contributed by atoms with van der Waals surface area (Å²) in [6.07, 6.45) is 6.07. The minimum atomic E-state index is -1.51. The smallest absolute Gasteiger partial charge is 0.167 e. The van der Waals surface area contributed by atoms with E-state index < -0.39 is 23.8 Å². The summed E-state index contributed by atoms with van der Waals surface area (Å²) < 4.78 is 34.7. The van der Waals surface area contributed by atoms with E-state index in [4.69, 9.17) is 14.7 Å². The van der Waals surface area contributed by atoms with Crippen LogP contribution in [0.4, 0.5) is 14.6 Å². The lowest BCUT2D eigenvalue weighted by molar-refractivity contribution is -0.00573. The van der Waals surface area contributed by atoms with Crippen molar-refractivity contribution in [1.82, 2.24) is 24.7 Å². The molecule has 1 fully saturated rings. The molecule has 3 aromatic heterocycles. The number of aliphatic hydroxyl groups excluding tert-OH is 1. The highest BCUT2D eigenvalue weighted by Crippen LogP contribution is 2.33. The van der Waals surface area contributed by atoms with Crippen molar-refractivity contribution >= 4 is 16.9 Å². The van der Waals surface area contributed by atoms with Gasteiger partial charge in [0.1, 0.15) is 28.7 Å². The lowest BCUT2D eigenvalue weighted by atomic mass is 10.0. The van der Waals surface area contributed by atoms with Gasteiger partial charge in [-0.2, -0.15) is 5.10 Å². The molecule has 4 aromatic rings. The fourth-order valence-corrected chi connectivity index (χ4v) is 4.22. The lowest BCUT2D eigenvalue weighted by Gasteiger charge is -2.33.